The minimum atomic E-state index is -0.275. The van der Waals surface area contributed by atoms with Crippen molar-refractivity contribution in [2.45, 2.75) is 38.1 Å². The van der Waals surface area contributed by atoms with E-state index in [0.29, 0.717) is 29.7 Å². The van der Waals surface area contributed by atoms with Crippen molar-refractivity contribution in [3.05, 3.63) is 26.8 Å². The smallest absolute Gasteiger partial charge is 0.229 e. The van der Waals surface area contributed by atoms with Gasteiger partial charge in [-0.05, 0) is 53.6 Å². The largest absolute Gasteiger partial charge is 0.339 e. The normalized spacial score (nSPS) is 22.4. The Balaban J connectivity index is 1.64. The molecule has 1 aliphatic heterocycles. The molecule has 1 saturated heterocycles. The van der Waals surface area contributed by atoms with Crippen molar-refractivity contribution >= 4 is 51.7 Å². The van der Waals surface area contributed by atoms with Crippen molar-refractivity contribution in [1.29, 1.82) is 0 Å². The number of hydrogen-bond acceptors (Lipinski definition) is 2. The Morgan fingerprint density at radius 2 is 2.05 bits per heavy atom. The maximum Gasteiger partial charge on any atom is 0.229 e. The number of amides is 2. The molecule has 1 atom stereocenters. The van der Waals surface area contributed by atoms with Crippen LogP contribution in [0.5, 0.6) is 0 Å². The zero-order valence-corrected chi connectivity index (χ0v) is 15.1. The quantitative estimate of drug-likeness (QED) is 0.741. The fourth-order valence-electron chi connectivity index (χ4n) is 3.30. The van der Waals surface area contributed by atoms with Crippen LogP contribution in [-0.4, -0.2) is 29.3 Å². The van der Waals surface area contributed by atoms with Crippen molar-refractivity contribution in [1.82, 2.24) is 4.90 Å². The topological polar surface area (TPSA) is 49.4 Å². The van der Waals surface area contributed by atoms with Gasteiger partial charge in [0.1, 0.15) is 0 Å². The number of carbonyl (C=O) groups is 2. The highest BCUT2D eigenvalue weighted by Gasteiger charge is 2.38. The SMILES string of the molecule is O=C(Nc1ccc(I)cc1Cl)C1CC(=O)N(C2CCCC2)C1. The van der Waals surface area contributed by atoms with E-state index in [1.165, 1.54) is 12.8 Å². The summed E-state index contributed by atoms with van der Waals surface area (Å²) in [6, 6.07) is 5.84. The molecule has 2 aliphatic rings. The first-order valence-corrected chi connectivity index (χ1v) is 9.05. The van der Waals surface area contributed by atoms with Gasteiger partial charge in [0.15, 0.2) is 0 Å². The monoisotopic (exact) mass is 432 g/mol. The van der Waals surface area contributed by atoms with E-state index in [4.69, 9.17) is 11.6 Å². The number of nitrogens with one attached hydrogen (secondary N) is 1. The molecule has 118 valence electrons. The second-order valence-corrected chi connectivity index (χ2v) is 7.65. The van der Waals surface area contributed by atoms with Gasteiger partial charge in [-0.3, -0.25) is 9.59 Å². The molecule has 1 unspecified atom stereocenters. The van der Waals surface area contributed by atoms with Crippen LogP contribution in [0.15, 0.2) is 18.2 Å². The molecule has 0 bridgehead atoms. The van der Waals surface area contributed by atoms with Crippen LogP contribution in [0.4, 0.5) is 5.69 Å². The van der Waals surface area contributed by atoms with Gasteiger partial charge < -0.3 is 10.2 Å². The summed E-state index contributed by atoms with van der Waals surface area (Å²) in [5.41, 5.74) is 0.610. The average molecular weight is 433 g/mol. The van der Waals surface area contributed by atoms with Gasteiger partial charge in [-0.2, -0.15) is 0 Å². The molecule has 6 heteroatoms. The number of halogens is 2. The van der Waals surface area contributed by atoms with E-state index < -0.39 is 0 Å². The molecular formula is C16H18ClIN2O2. The van der Waals surface area contributed by atoms with Crippen molar-refractivity contribution < 1.29 is 9.59 Å². The molecule has 1 saturated carbocycles. The highest BCUT2D eigenvalue weighted by atomic mass is 127. The van der Waals surface area contributed by atoms with Crippen LogP contribution in [0, 0.1) is 9.49 Å². The first kappa shape index (κ1) is 16.1. The molecule has 1 aromatic rings. The van der Waals surface area contributed by atoms with Gasteiger partial charge in [0.05, 0.1) is 16.6 Å². The third kappa shape index (κ3) is 3.40. The van der Waals surface area contributed by atoms with E-state index in [1.54, 1.807) is 6.07 Å². The predicted octanol–water partition coefficient (Wildman–Crippen LogP) is 3.67. The molecule has 4 nitrogen and oxygen atoms in total. The minimum Gasteiger partial charge on any atom is -0.339 e. The summed E-state index contributed by atoms with van der Waals surface area (Å²) < 4.78 is 1.02. The molecule has 3 rings (SSSR count). The Labute approximate surface area is 148 Å². The summed E-state index contributed by atoms with van der Waals surface area (Å²) in [7, 11) is 0. The number of carbonyl (C=O) groups excluding carboxylic acids is 2. The summed E-state index contributed by atoms with van der Waals surface area (Å²) in [4.78, 5) is 26.5. The van der Waals surface area contributed by atoms with Crippen LogP contribution < -0.4 is 5.32 Å². The maximum absolute atomic E-state index is 12.4. The molecule has 1 aliphatic carbocycles. The summed E-state index contributed by atoms with van der Waals surface area (Å²) in [6.45, 7) is 0.539. The Kier molecular flexibility index (Phi) is 4.92. The third-order valence-electron chi connectivity index (χ3n) is 4.48. The molecule has 1 N–H and O–H groups in total. The summed E-state index contributed by atoms with van der Waals surface area (Å²) in [6.07, 6.45) is 4.82. The van der Waals surface area contributed by atoms with Crippen LogP contribution in [0.25, 0.3) is 0 Å². The van der Waals surface area contributed by atoms with E-state index in [2.05, 4.69) is 27.9 Å². The number of likely N-dealkylation sites (tertiary alicyclic amines) is 1. The van der Waals surface area contributed by atoms with Crippen molar-refractivity contribution in [3.63, 3.8) is 0 Å². The highest BCUT2D eigenvalue weighted by Crippen LogP contribution is 2.31. The van der Waals surface area contributed by atoms with Gasteiger partial charge in [0, 0.05) is 22.6 Å². The predicted molar refractivity (Wildman–Crippen MR) is 94.9 cm³/mol. The standard InChI is InChI=1S/C16H18ClIN2O2/c17-13-8-11(18)5-6-14(13)19-16(22)10-7-15(21)20(9-10)12-3-1-2-4-12/h5-6,8,10,12H,1-4,7,9H2,(H,19,22). The second-order valence-electron chi connectivity index (χ2n) is 6.00. The van der Waals surface area contributed by atoms with Crippen LogP contribution in [0.2, 0.25) is 5.02 Å². The molecule has 1 aromatic carbocycles. The lowest BCUT2D eigenvalue weighted by Gasteiger charge is -2.23. The van der Waals surface area contributed by atoms with Crippen LogP contribution >= 0.6 is 34.2 Å². The summed E-state index contributed by atoms with van der Waals surface area (Å²) >= 11 is 8.32. The first-order valence-electron chi connectivity index (χ1n) is 7.60. The van der Waals surface area contributed by atoms with Crippen LogP contribution in [0.1, 0.15) is 32.1 Å². The fourth-order valence-corrected chi connectivity index (χ4v) is 4.20. The fraction of sp³-hybridized carbons (Fsp3) is 0.500. The van der Waals surface area contributed by atoms with Crippen molar-refractivity contribution in [3.8, 4) is 0 Å². The highest BCUT2D eigenvalue weighted by molar-refractivity contribution is 14.1. The number of anilines is 1. The van der Waals surface area contributed by atoms with Crippen LogP contribution in [0.3, 0.4) is 0 Å². The lowest BCUT2D eigenvalue weighted by molar-refractivity contribution is -0.129. The van der Waals surface area contributed by atoms with E-state index in [-0.39, 0.29) is 17.7 Å². The van der Waals surface area contributed by atoms with E-state index in [1.807, 2.05) is 17.0 Å². The Morgan fingerprint density at radius 3 is 2.73 bits per heavy atom. The number of hydrogen-bond donors (Lipinski definition) is 1. The van der Waals surface area contributed by atoms with Gasteiger partial charge in [-0.15, -0.1) is 0 Å². The van der Waals surface area contributed by atoms with Crippen molar-refractivity contribution in [2.75, 3.05) is 11.9 Å². The van der Waals surface area contributed by atoms with Gasteiger partial charge in [0.2, 0.25) is 11.8 Å². The second kappa shape index (κ2) is 6.74. The Morgan fingerprint density at radius 1 is 1.32 bits per heavy atom. The maximum atomic E-state index is 12.4. The molecular weight excluding hydrogens is 415 g/mol. The molecule has 2 fully saturated rings. The number of nitrogens with zero attached hydrogens (tertiary/aromatic N) is 1. The molecule has 0 radical (unpaired) electrons. The molecule has 1 heterocycles. The lowest BCUT2D eigenvalue weighted by Crippen LogP contribution is -2.35. The summed E-state index contributed by atoms with van der Waals surface area (Å²) in [5, 5.41) is 3.38. The van der Waals surface area contributed by atoms with E-state index in [9.17, 15) is 9.59 Å². The minimum absolute atomic E-state index is 0.112. The number of rotatable bonds is 3. The van der Waals surface area contributed by atoms with E-state index >= 15 is 0 Å². The molecule has 0 spiro atoms. The van der Waals surface area contributed by atoms with Gasteiger partial charge in [0.25, 0.3) is 0 Å². The van der Waals surface area contributed by atoms with Crippen LogP contribution in [-0.2, 0) is 9.59 Å². The number of benzene rings is 1. The zero-order chi connectivity index (χ0) is 15.7. The zero-order valence-electron chi connectivity index (χ0n) is 12.1. The molecule has 0 aromatic heterocycles. The average Bonchev–Trinajstić information content (AvgIpc) is 3.10. The first-order chi connectivity index (χ1) is 10.5. The summed E-state index contributed by atoms with van der Waals surface area (Å²) in [5.74, 6) is -0.277. The lowest BCUT2D eigenvalue weighted by atomic mass is 10.1. The van der Waals surface area contributed by atoms with Gasteiger partial charge in [-0.25, -0.2) is 0 Å². The molecule has 22 heavy (non-hydrogen) atoms. The van der Waals surface area contributed by atoms with Crippen molar-refractivity contribution in [2.24, 2.45) is 5.92 Å². The van der Waals surface area contributed by atoms with E-state index in [0.717, 1.165) is 16.4 Å². The molecule has 2 amide bonds. The van der Waals surface area contributed by atoms with Gasteiger partial charge in [-0.1, -0.05) is 24.4 Å². The Hall–Kier alpha value is -0.820. The third-order valence-corrected chi connectivity index (χ3v) is 5.47. The van der Waals surface area contributed by atoms with Gasteiger partial charge >= 0.3 is 0 Å². The Bertz CT molecular complexity index is 602.